The molecule has 1 heterocycles. The van der Waals surface area contributed by atoms with Gasteiger partial charge in [-0.05, 0) is 48.6 Å². The molecule has 0 aromatic heterocycles. The Bertz CT molecular complexity index is 684. The highest BCUT2D eigenvalue weighted by Crippen LogP contribution is 2.33. The Kier molecular flexibility index (Phi) is 4.60. The van der Waals surface area contributed by atoms with E-state index >= 15 is 0 Å². The molecule has 1 saturated heterocycles. The van der Waals surface area contributed by atoms with Crippen molar-refractivity contribution in [2.24, 2.45) is 0 Å². The molecule has 0 radical (unpaired) electrons. The van der Waals surface area contributed by atoms with Crippen molar-refractivity contribution in [3.8, 4) is 0 Å². The second-order valence-corrected chi connectivity index (χ2v) is 5.99. The monoisotopic (exact) mass is 312 g/mol. The number of urea groups is 1. The molecule has 3 rings (SSSR count). The molecule has 1 atom stereocenters. The molecule has 1 aliphatic rings. The zero-order valence-electron chi connectivity index (χ0n) is 13.3. The first-order valence-corrected chi connectivity index (χ1v) is 7.99. The van der Waals surface area contributed by atoms with Crippen LogP contribution in [0.3, 0.4) is 0 Å². The van der Waals surface area contributed by atoms with E-state index in [9.17, 15) is 9.18 Å². The fourth-order valence-electron chi connectivity index (χ4n) is 3.18. The first-order valence-electron chi connectivity index (χ1n) is 7.99. The van der Waals surface area contributed by atoms with Crippen LogP contribution in [-0.2, 0) is 6.54 Å². The second-order valence-electron chi connectivity index (χ2n) is 5.99. The summed E-state index contributed by atoms with van der Waals surface area (Å²) in [6, 6.07) is 14.5. The predicted octanol–water partition coefficient (Wildman–Crippen LogP) is 4.18. The van der Waals surface area contributed by atoms with E-state index in [2.05, 4.69) is 24.4 Å². The van der Waals surface area contributed by atoms with Crippen LogP contribution < -0.4 is 5.32 Å². The number of nitrogens with zero attached hydrogens (tertiary/aromatic N) is 1. The van der Waals surface area contributed by atoms with Gasteiger partial charge in [-0.15, -0.1) is 0 Å². The number of carbonyl (C=O) groups is 1. The Balaban J connectivity index is 1.66. The van der Waals surface area contributed by atoms with E-state index in [0.29, 0.717) is 6.54 Å². The summed E-state index contributed by atoms with van der Waals surface area (Å²) in [4.78, 5) is 14.4. The Morgan fingerprint density at radius 3 is 2.70 bits per heavy atom. The van der Waals surface area contributed by atoms with E-state index in [4.69, 9.17) is 0 Å². The van der Waals surface area contributed by atoms with Crippen molar-refractivity contribution < 1.29 is 9.18 Å². The normalized spacial score (nSPS) is 17.3. The van der Waals surface area contributed by atoms with Crippen LogP contribution in [0, 0.1) is 12.7 Å². The predicted molar refractivity (Wildman–Crippen MR) is 88.5 cm³/mol. The van der Waals surface area contributed by atoms with E-state index < -0.39 is 0 Å². The van der Waals surface area contributed by atoms with Crippen molar-refractivity contribution >= 4 is 6.03 Å². The number of aryl methyl sites for hydroxylation is 1. The molecule has 120 valence electrons. The zero-order chi connectivity index (χ0) is 16.2. The Labute approximate surface area is 136 Å². The van der Waals surface area contributed by atoms with Crippen LogP contribution in [0.4, 0.5) is 9.18 Å². The number of rotatable bonds is 3. The van der Waals surface area contributed by atoms with Gasteiger partial charge in [0.15, 0.2) is 0 Å². The van der Waals surface area contributed by atoms with Gasteiger partial charge in [0, 0.05) is 13.1 Å². The number of halogens is 1. The summed E-state index contributed by atoms with van der Waals surface area (Å²) >= 11 is 0. The average molecular weight is 312 g/mol. The third kappa shape index (κ3) is 3.52. The Morgan fingerprint density at radius 2 is 1.96 bits per heavy atom. The number of hydrogen-bond donors (Lipinski definition) is 1. The summed E-state index contributed by atoms with van der Waals surface area (Å²) in [5, 5.41) is 2.94. The lowest BCUT2D eigenvalue weighted by atomic mass is 9.99. The van der Waals surface area contributed by atoms with Crippen LogP contribution in [0.15, 0.2) is 48.5 Å². The fourth-order valence-corrected chi connectivity index (χ4v) is 3.18. The van der Waals surface area contributed by atoms with Gasteiger partial charge in [0.05, 0.1) is 6.04 Å². The highest BCUT2D eigenvalue weighted by Gasteiger charge is 2.30. The highest BCUT2D eigenvalue weighted by molar-refractivity contribution is 5.75. The minimum Gasteiger partial charge on any atom is -0.334 e. The molecule has 0 spiro atoms. The van der Waals surface area contributed by atoms with E-state index in [-0.39, 0.29) is 17.9 Å². The number of amides is 2. The molecule has 3 nitrogen and oxygen atoms in total. The number of hydrogen-bond acceptors (Lipinski definition) is 1. The third-order valence-corrected chi connectivity index (χ3v) is 4.42. The van der Waals surface area contributed by atoms with E-state index in [1.54, 1.807) is 12.1 Å². The van der Waals surface area contributed by atoms with E-state index in [1.807, 2.05) is 17.0 Å². The zero-order valence-corrected chi connectivity index (χ0v) is 13.3. The van der Waals surface area contributed by atoms with Gasteiger partial charge in [-0.2, -0.15) is 0 Å². The van der Waals surface area contributed by atoms with Crippen molar-refractivity contribution in [3.63, 3.8) is 0 Å². The van der Waals surface area contributed by atoms with Gasteiger partial charge in [0.2, 0.25) is 0 Å². The maximum atomic E-state index is 12.9. The average Bonchev–Trinajstić information content (AvgIpc) is 3.04. The molecular formula is C19H21FN2O. The Morgan fingerprint density at radius 1 is 1.22 bits per heavy atom. The molecule has 2 amide bonds. The van der Waals surface area contributed by atoms with E-state index in [0.717, 1.165) is 24.9 Å². The van der Waals surface area contributed by atoms with Crippen LogP contribution in [0.2, 0.25) is 0 Å². The molecular weight excluding hydrogens is 291 g/mol. The first-order chi connectivity index (χ1) is 11.1. The molecule has 0 saturated carbocycles. The van der Waals surface area contributed by atoms with Crippen LogP contribution in [0.5, 0.6) is 0 Å². The van der Waals surface area contributed by atoms with Crippen LogP contribution in [-0.4, -0.2) is 17.5 Å². The van der Waals surface area contributed by atoms with Crippen molar-refractivity contribution in [1.29, 1.82) is 0 Å². The second kappa shape index (κ2) is 6.82. The summed E-state index contributed by atoms with van der Waals surface area (Å²) < 4.78 is 12.9. The SMILES string of the molecule is Cc1ccccc1C1CCCN1C(=O)NCc1ccc(F)cc1. The van der Waals surface area contributed by atoms with Gasteiger partial charge in [-0.25, -0.2) is 9.18 Å². The van der Waals surface area contributed by atoms with Crippen molar-refractivity contribution in [1.82, 2.24) is 10.2 Å². The van der Waals surface area contributed by atoms with Crippen LogP contribution in [0.25, 0.3) is 0 Å². The number of benzene rings is 2. The number of carbonyl (C=O) groups excluding carboxylic acids is 1. The first kappa shape index (κ1) is 15.5. The van der Waals surface area contributed by atoms with Crippen LogP contribution >= 0.6 is 0 Å². The molecule has 1 N–H and O–H groups in total. The maximum absolute atomic E-state index is 12.9. The highest BCUT2D eigenvalue weighted by atomic mass is 19.1. The topological polar surface area (TPSA) is 32.3 Å². The standard InChI is InChI=1S/C19H21FN2O/c1-14-5-2-3-6-17(14)18-7-4-12-22(18)19(23)21-13-15-8-10-16(20)11-9-15/h2-3,5-6,8-11,18H,4,7,12-13H2,1H3,(H,21,23). The van der Waals surface area contributed by atoms with Gasteiger partial charge < -0.3 is 10.2 Å². The summed E-state index contributed by atoms with van der Waals surface area (Å²) in [7, 11) is 0. The third-order valence-electron chi connectivity index (χ3n) is 4.42. The van der Waals surface area contributed by atoms with Crippen molar-refractivity contribution in [2.75, 3.05) is 6.54 Å². The molecule has 23 heavy (non-hydrogen) atoms. The molecule has 0 aliphatic carbocycles. The summed E-state index contributed by atoms with van der Waals surface area (Å²) in [6.07, 6.45) is 2.01. The molecule has 4 heteroatoms. The number of likely N-dealkylation sites (tertiary alicyclic amines) is 1. The lowest BCUT2D eigenvalue weighted by Gasteiger charge is -2.26. The lowest BCUT2D eigenvalue weighted by molar-refractivity contribution is 0.192. The van der Waals surface area contributed by atoms with Gasteiger partial charge >= 0.3 is 6.03 Å². The molecule has 1 fully saturated rings. The molecule has 1 unspecified atom stereocenters. The smallest absolute Gasteiger partial charge is 0.318 e. The van der Waals surface area contributed by atoms with Gasteiger partial charge in [-0.3, -0.25) is 0 Å². The summed E-state index contributed by atoms with van der Waals surface area (Å²) in [5.74, 6) is -0.265. The maximum Gasteiger partial charge on any atom is 0.318 e. The Hall–Kier alpha value is -2.36. The minimum absolute atomic E-state index is 0.0555. The van der Waals surface area contributed by atoms with Gasteiger partial charge in [-0.1, -0.05) is 36.4 Å². The number of nitrogens with one attached hydrogen (secondary N) is 1. The van der Waals surface area contributed by atoms with Crippen LogP contribution in [0.1, 0.15) is 35.6 Å². The quantitative estimate of drug-likeness (QED) is 0.906. The molecule has 1 aliphatic heterocycles. The molecule has 0 bridgehead atoms. The summed E-state index contributed by atoms with van der Waals surface area (Å²) in [6.45, 7) is 3.27. The van der Waals surface area contributed by atoms with Crippen molar-refractivity contribution in [2.45, 2.75) is 32.4 Å². The largest absolute Gasteiger partial charge is 0.334 e. The van der Waals surface area contributed by atoms with Gasteiger partial charge in [0.1, 0.15) is 5.82 Å². The molecule has 2 aromatic carbocycles. The molecule has 2 aromatic rings. The van der Waals surface area contributed by atoms with Gasteiger partial charge in [0.25, 0.3) is 0 Å². The lowest BCUT2D eigenvalue weighted by Crippen LogP contribution is -2.39. The minimum atomic E-state index is -0.265. The van der Waals surface area contributed by atoms with Crippen molar-refractivity contribution in [3.05, 3.63) is 71.0 Å². The fraction of sp³-hybridized carbons (Fsp3) is 0.316. The van der Waals surface area contributed by atoms with E-state index in [1.165, 1.54) is 23.3 Å². The summed E-state index contributed by atoms with van der Waals surface area (Å²) in [5.41, 5.74) is 3.34.